The number of amides is 2. The molecule has 1 aliphatic rings. The number of rotatable bonds is 5. The molecule has 0 spiro atoms. The van der Waals surface area contributed by atoms with Crippen molar-refractivity contribution in [2.45, 2.75) is 13.0 Å². The van der Waals surface area contributed by atoms with E-state index in [1.54, 1.807) is 4.90 Å². The van der Waals surface area contributed by atoms with Gasteiger partial charge in [-0.3, -0.25) is 9.59 Å². The normalized spacial score (nSPS) is 15.7. The summed E-state index contributed by atoms with van der Waals surface area (Å²) in [4.78, 5) is 26.0. The van der Waals surface area contributed by atoms with Crippen molar-refractivity contribution in [2.24, 2.45) is 0 Å². The number of fused-ring (bicyclic) bond motifs is 2. The van der Waals surface area contributed by atoms with Gasteiger partial charge in [0.25, 0.3) is 5.91 Å². The Morgan fingerprint density at radius 3 is 2.63 bits per heavy atom. The molecule has 0 bridgehead atoms. The Balaban J connectivity index is 1.51. The Morgan fingerprint density at radius 1 is 1.04 bits per heavy atom. The van der Waals surface area contributed by atoms with Crippen LogP contribution in [0.25, 0.3) is 10.8 Å². The number of nitrogens with zero attached hydrogens (tertiary/aromatic N) is 1. The third-order valence-electron chi connectivity index (χ3n) is 4.72. The van der Waals surface area contributed by atoms with Crippen molar-refractivity contribution in [3.05, 3.63) is 72.3 Å². The van der Waals surface area contributed by atoms with Gasteiger partial charge in [-0.15, -0.1) is 0 Å². The molecule has 0 saturated carbocycles. The largest absolute Gasteiger partial charge is 0.491 e. The first-order valence-corrected chi connectivity index (χ1v) is 8.93. The van der Waals surface area contributed by atoms with Crippen LogP contribution in [-0.4, -0.2) is 25.0 Å². The summed E-state index contributed by atoms with van der Waals surface area (Å²) >= 11 is 0. The van der Waals surface area contributed by atoms with E-state index in [-0.39, 0.29) is 11.8 Å². The van der Waals surface area contributed by atoms with Crippen molar-refractivity contribution < 1.29 is 14.3 Å². The fourth-order valence-corrected chi connectivity index (χ4v) is 3.53. The van der Waals surface area contributed by atoms with Crippen LogP contribution in [0.4, 0.5) is 5.69 Å². The van der Waals surface area contributed by atoms with Gasteiger partial charge in [0.2, 0.25) is 5.91 Å². The van der Waals surface area contributed by atoms with Gasteiger partial charge < -0.3 is 15.0 Å². The molecule has 1 aliphatic heterocycles. The molecule has 5 heteroatoms. The summed E-state index contributed by atoms with van der Waals surface area (Å²) in [6, 6.07) is 20.9. The van der Waals surface area contributed by atoms with E-state index in [1.165, 1.54) is 6.92 Å². The summed E-state index contributed by atoms with van der Waals surface area (Å²) in [6.45, 7) is 2.19. The Morgan fingerprint density at radius 2 is 1.78 bits per heavy atom. The molecular formula is C22H20N2O3. The first-order valence-electron chi connectivity index (χ1n) is 8.93. The maximum absolute atomic E-state index is 12.8. The van der Waals surface area contributed by atoms with Gasteiger partial charge in [-0.25, -0.2) is 0 Å². The lowest BCUT2D eigenvalue weighted by atomic mass is 10.1. The van der Waals surface area contributed by atoms with E-state index in [0.717, 1.165) is 27.8 Å². The molecule has 0 aromatic heterocycles. The minimum Gasteiger partial charge on any atom is -0.491 e. The lowest BCUT2D eigenvalue weighted by molar-refractivity contribution is -0.126. The second-order valence-electron chi connectivity index (χ2n) is 6.51. The Labute approximate surface area is 157 Å². The van der Waals surface area contributed by atoms with E-state index < -0.39 is 6.04 Å². The van der Waals surface area contributed by atoms with Crippen molar-refractivity contribution in [1.29, 1.82) is 0 Å². The molecular weight excluding hydrogens is 340 g/mol. The number of para-hydroxylation sites is 1. The average molecular weight is 360 g/mol. The number of carbonyl (C=O) groups excluding carboxylic acids is 2. The predicted octanol–water partition coefficient (Wildman–Crippen LogP) is 3.44. The second kappa shape index (κ2) is 7.11. The highest BCUT2D eigenvalue weighted by Gasteiger charge is 2.37. The minimum atomic E-state index is -0.628. The summed E-state index contributed by atoms with van der Waals surface area (Å²) in [6.07, 6.45) is 0. The molecule has 0 saturated heterocycles. The number of hydrogen-bond donors (Lipinski definition) is 1. The molecule has 1 heterocycles. The number of ether oxygens (including phenoxy) is 1. The van der Waals surface area contributed by atoms with Gasteiger partial charge in [0.05, 0.1) is 6.54 Å². The molecule has 2 amide bonds. The number of nitrogens with one attached hydrogen (secondary N) is 1. The third-order valence-corrected chi connectivity index (χ3v) is 4.72. The van der Waals surface area contributed by atoms with Crippen molar-refractivity contribution in [1.82, 2.24) is 5.32 Å². The highest BCUT2D eigenvalue weighted by Crippen LogP contribution is 2.35. The summed E-state index contributed by atoms with van der Waals surface area (Å²) in [5.74, 6) is 0.441. The molecule has 0 unspecified atom stereocenters. The Hall–Kier alpha value is -3.34. The van der Waals surface area contributed by atoms with E-state index in [2.05, 4.69) is 5.32 Å². The van der Waals surface area contributed by atoms with Gasteiger partial charge in [0.15, 0.2) is 0 Å². The van der Waals surface area contributed by atoms with Gasteiger partial charge in [-0.05, 0) is 17.5 Å². The zero-order valence-corrected chi connectivity index (χ0v) is 15.0. The monoisotopic (exact) mass is 360 g/mol. The van der Waals surface area contributed by atoms with Crippen LogP contribution in [0.2, 0.25) is 0 Å². The summed E-state index contributed by atoms with van der Waals surface area (Å²) < 4.78 is 5.98. The minimum absolute atomic E-state index is 0.132. The van der Waals surface area contributed by atoms with E-state index in [9.17, 15) is 9.59 Å². The highest BCUT2D eigenvalue weighted by molar-refractivity contribution is 6.06. The van der Waals surface area contributed by atoms with Crippen LogP contribution in [0.15, 0.2) is 66.7 Å². The van der Waals surface area contributed by atoms with E-state index in [0.29, 0.717) is 13.2 Å². The lowest BCUT2D eigenvalue weighted by Gasteiger charge is -2.19. The molecule has 0 aliphatic carbocycles. The van der Waals surface area contributed by atoms with Crippen LogP contribution in [0, 0.1) is 0 Å². The van der Waals surface area contributed by atoms with Gasteiger partial charge >= 0.3 is 0 Å². The van der Waals surface area contributed by atoms with Gasteiger partial charge in [0.1, 0.15) is 18.4 Å². The molecule has 1 N–H and O–H groups in total. The summed E-state index contributed by atoms with van der Waals surface area (Å²) in [7, 11) is 0. The molecule has 1 atom stereocenters. The van der Waals surface area contributed by atoms with Crippen LogP contribution in [0.1, 0.15) is 18.5 Å². The molecule has 136 valence electrons. The fourth-order valence-electron chi connectivity index (χ4n) is 3.53. The van der Waals surface area contributed by atoms with Crippen molar-refractivity contribution in [2.75, 3.05) is 18.1 Å². The standard InChI is InChI=1S/C22H20N2O3/c1-15(25)23-21-18-10-4-5-11-19(18)24(22(21)26)13-14-27-20-12-6-8-16-7-2-3-9-17(16)20/h2-12,21H,13-14H2,1H3,(H,23,25)/t21-/m0/s1. The topological polar surface area (TPSA) is 58.6 Å². The first kappa shape index (κ1) is 17.1. The first-order chi connectivity index (χ1) is 13.1. The van der Waals surface area contributed by atoms with E-state index in [1.807, 2.05) is 66.7 Å². The van der Waals surface area contributed by atoms with Gasteiger partial charge in [-0.2, -0.15) is 0 Å². The molecule has 5 nitrogen and oxygen atoms in total. The molecule has 0 radical (unpaired) electrons. The Kier molecular flexibility index (Phi) is 4.50. The molecule has 3 aromatic carbocycles. The Bertz CT molecular complexity index is 1010. The lowest BCUT2D eigenvalue weighted by Crippen LogP contribution is -2.38. The molecule has 4 rings (SSSR count). The smallest absolute Gasteiger partial charge is 0.254 e. The summed E-state index contributed by atoms with van der Waals surface area (Å²) in [5, 5.41) is 4.90. The van der Waals surface area contributed by atoms with Crippen LogP contribution in [-0.2, 0) is 9.59 Å². The zero-order chi connectivity index (χ0) is 18.8. The van der Waals surface area contributed by atoms with Crippen molar-refractivity contribution in [3.8, 4) is 5.75 Å². The quantitative estimate of drug-likeness (QED) is 0.758. The van der Waals surface area contributed by atoms with E-state index in [4.69, 9.17) is 4.74 Å². The van der Waals surface area contributed by atoms with Gasteiger partial charge in [-0.1, -0.05) is 54.6 Å². The number of anilines is 1. The van der Waals surface area contributed by atoms with Gasteiger partial charge in [0, 0.05) is 23.6 Å². The summed E-state index contributed by atoms with van der Waals surface area (Å²) in [5.41, 5.74) is 1.64. The number of benzene rings is 3. The van der Waals surface area contributed by atoms with Crippen molar-refractivity contribution in [3.63, 3.8) is 0 Å². The third kappa shape index (κ3) is 3.24. The molecule has 3 aromatic rings. The fraction of sp³-hybridized carbons (Fsp3) is 0.182. The maximum Gasteiger partial charge on any atom is 0.254 e. The highest BCUT2D eigenvalue weighted by atomic mass is 16.5. The SMILES string of the molecule is CC(=O)N[C@@H]1C(=O)N(CCOc2cccc3ccccc23)c2ccccc21. The average Bonchev–Trinajstić information content (AvgIpc) is 2.94. The zero-order valence-electron chi connectivity index (χ0n) is 15.0. The van der Waals surface area contributed by atoms with E-state index >= 15 is 0 Å². The van der Waals surface area contributed by atoms with Crippen LogP contribution >= 0.6 is 0 Å². The van der Waals surface area contributed by atoms with Crippen LogP contribution < -0.4 is 15.0 Å². The van der Waals surface area contributed by atoms with Crippen molar-refractivity contribution >= 4 is 28.3 Å². The van der Waals surface area contributed by atoms with Crippen LogP contribution in [0.3, 0.4) is 0 Å². The molecule has 27 heavy (non-hydrogen) atoms. The predicted molar refractivity (Wildman–Crippen MR) is 105 cm³/mol. The number of hydrogen-bond acceptors (Lipinski definition) is 3. The maximum atomic E-state index is 12.8. The molecule has 0 fully saturated rings. The van der Waals surface area contributed by atoms with Crippen LogP contribution in [0.5, 0.6) is 5.75 Å². The number of carbonyl (C=O) groups is 2. The second-order valence-corrected chi connectivity index (χ2v) is 6.51.